The van der Waals surface area contributed by atoms with E-state index in [1.807, 2.05) is 9.30 Å². The molecule has 0 spiro atoms. The van der Waals surface area contributed by atoms with Crippen molar-refractivity contribution in [2.24, 2.45) is 7.05 Å². The second-order valence-corrected chi connectivity index (χ2v) is 10.5. The number of carbonyl (C=O) groups excluding carboxylic acids is 2. The van der Waals surface area contributed by atoms with Crippen molar-refractivity contribution in [2.45, 2.75) is 43.8 Å². The Labute approximate surface area is 230 Å². The monoisotopic (exact) mass is 572 g/mol. The molecule has 4 aromatic rings. The topological polar surface area (TPSA) is 123 Å². The number of carbonyl (C=O) groups is 2. The average Bonchev–Trinajstić information content (AvgIpc) is 3.59. The van der Waals surface area contributed by atoms with Crippen LogP contribution in [0.4, 0.5) is 24.8 Å². The third-order valence-corrected chi connectivity index (χ3v) is 7.90. The predicted octanol–water partition coefficient (Wildman–Crippen LogP) is 4.50. The lowest BCUT2D eigenvalue weighted by Gasteiger charge is -2.34. The van der Waals surface area contributed by atoms with Crippen LogP contribution in [0, 0.1) is 0 Å². The number of nitrogens with zero attached hydrogens (tertiary/aromatic N) is 6. The van der Waals surface area contributed by atoms with Crippen molar-refractivity contribution in [3.63, 3.8) is 0 Å². The number of nitrogens with one attached hydrogen (secondary N) is 1. The van der Waals surface area contributed by atoms with E-state index in [4.69, 9.17) is 22.3 Å². The molecule has 3 aromatic heterocycles. The van der Waals surface area contributed by atoms with E-state index in [9.17, 15) is 22.8 Å². The smallest absolute Gasteiger partial charge is 0.382 e. The first-order valence-corrected chi connectivity index (χ1v) is 13.0. The Bertz CT molecular complexity index is 1660. The minimum Gasteiger partial charge on any atom is -0.382 e. The molecular formula is C26H24ClF3N8O2. The number of nitrogen functional groups attached to an aromatic ring is 1. The SMILES string of the molecule is Cn1nc(NC(=O)c2ccc(-c3nc(C4CCC5CCC(=O)N5C4)n4ccnc(N)c34)c(Cl)c2)cc1C(F)(F)F. The molecule has 0 radical (unpaired) electrons. The quantitative estimate of drug-likeness (QED) is 0.371. The fourth-order valence-electron chi connectivity index (χ4n) is 5.67. The molecule has 2 fully saturated rings. The first-order chi connectivity index (χ1) is 19.0. The number of nitrogens with two attached hydrogens (primary N) is 1. The molecule has 0 aliphatic carbocycles. The Morgan fingerprint density at radius 3 is 2.73 bits per heavy atom. The summed E-state index contributed by atoms with van der Waals surface area (Å²) in [5.41, 5.74) is 6.94. The first kappa shape index (κ1) is 26.1. The zero-order valence-corrected chi connectivity index (χ0v) is 22.0. The van der Waals surface area contributed by atoms with Gasteiger partial charge in [-0.2, -0.15) is 18.3 Å². The van der Waals surface area contributed by atoms with Crippen molar-refractivity contribution in [1.29, 1.82) is 0 Å². The van der Waals surface area contributed by atoms with Gasteiger partial charge in [-0.05, 0) is 31.4 Å². The molecule has 2 aliphatic rings. The van der Waals surface area contributed by atoms with Crippen LogP contribution in [0.2, 0.25) is 5.02 Å². The molecule has 6 rings (SSSR count). The highest BCUT2D eigenvalue weighted by Crippen LogP contribution is 2.39. The van der Waals surface area contributed by atoms with Crippen LogP contribution < -0.4 is 11.1 Å². The number of aryl methyl sites for hydroxylation is 1. The number of hydrogen-bond acceptors (Lipinski definition) is 6. The Balaban J connectivity index is 1.32. The molecule has 3 N–H and O–H groups in total. The van der Waals surface area contributed by atoms with Gasteiger partial charge < -0.3 is 16.0 Å². The molecule has 5 heterocycles. The van der Waals surface area contributed by atoms with E-state index in [1.54, 1.807) is 18.5 Å². The van der Waals surface area contributed by atoms with Crippen molar-refractivity contribution >= 4 is 40.6 Å². The third kappa shape index (κ3) is 4.43. The normalized spacial score (nSPS) is 19.3. The number of imidazole rings is 1. The molecule has 2 unspecified atom stereocenters. The van der Waals surface area contributed by atoms with E-state index in [0.29, 0.717) is 34.4 Å². The van der Waals surface area contributed by atoms with Gasteiger partial charge >= 0.3 is 6.18 Å². The lowest BCUT2D eigenvalue weighted by atomic mass is 9.92. The Morgan fingerprint density at radius 1 is 1.20 bits per heavy atom. The molecule has 1 aromatic carbocycles. The standard InChI is InChI=1S/C26H24ClF3N8O2/c1-36-18(26(28,29)30)11-19(35-36)33-25(40)13-3-6-16(17(27)10-13)21-22-23(31)32-8-9-37(22)24(34-21)14-2-4-15-5-7-20(39)38(15)12-14/h3,6,8-11,14-15H,2,4-5,7,12H2,1H3,(H2,31,32)(H,33,35,40). The molecule has 2 saturated heterocycles. The number of fused-ring (bicyclic) bond motifs is 2. The number of alkyl halides is 3. The predicted molar refractivity (Wildman–Crippen MR) is 141 cm³/mol. The molecule has 2 amide bonds. The van der Waals surface area contributed by atoms with E-state index in [2.05, 4.69) is 15.4 Å². The highest BCUT2D eigenvalue weighted by atomic mass is 35.5. The summed E-state index contributed by atoms with van der Waals surface area (Å²) >= 11 is 6.63. The lowest BCUT2D eigenvalue weighted by Crippen LogP contribution is -2.41. The van der Waals surface area contributed by atoms with Crippen LogP contribution in [-0.2, 0) is 18.0 Å². The summed E-state index contributed by atoms with van der Waals surface area (Å²) in [7, 11) is 1.14. The summed E-state index contributed by atoms with van der Waals surface area (Å²) in [6.45, 7) is 0.570. The van der Waals surface area contributed by atoms with Gasteiger partial charge in [-0.25, -0.2) is 9.97 Å². The second-order valence-electron chi connectivity index (χ2n) is 10.0. The van der Waals surface area contributed by atoms with Crippen molar-refractivity contribution in [1.82, 2.24) is 29.0 Å². The molecular weight excluding hydrogens is 549 g/mol. The van der Waals surface area contributed by atoms with Gasteiger partial charge in [0.25, 0.3) is 5.91 Å². The van der Waals surface area contributed by atoms with Crippen LogP contribution in [0.15, 0.2) is 36.7 Å². The van der Waals surface area contributed by atoms with Gasteiger partial charge in [0.1, 0.15) is 28.5 Å². The summed E-state index contributed by atoms with van der Waals surface area (Å²) in [5.74, 6) is 0.222. The van der Waals surface area contributed by atoms with Gasteiger partial charge in [0.05, 0.1) is 5.02 Å². The fraction of sp³-hybridized carbons (Fsp3) is 0.346. The van der Waals surface area contributed by atoms with Crippen molar-refractivity contribution in [2.75, 3.05) is 17.6 Å². The van der Waals surface area contributed by atoms with Crippen LogP contribution in [0.25, 0.3) is 16.8 Å². The zero-order chi connectivity index (χ0) is 28.3. The Morgan fingerprint density at radius 2 is 2.00 bits per heavy atom. The largest absolute Gasteiger partial charge is 0.433 e. The maximum atomic E-state index is 13.1. The maximum Gasteiger partial charge on any atom is 0.433 e. The van der Waals surface area contributed by atoms with E-state index in [-0.39, 0.29) is 40.1 Å². The third-order valence-electron chi connectivity index (χ3n) is 7.59. The lowest BCUT2D eigenvalue weighted by molar-refractivity contribution is -0.143. The van der Waals surface area contributed by atoms with Gasteiger partial charge in [-0.1, -0.05) is 17.7 Å². The van der Waals surface area contributed by atoms with Gasteiger partial charge in [-0.15, -0.1) is 0 Å². The number of piperidine rings is 1. The van der Waals surface area contributed by atoms with Crippen molar-refractivity contribution in [3.05, 3.63) is 58.8 Å². The van der Waals surface area contributed by atoms with Crippen molar-refractivity contribution < 1.29 is 22.8 Å². The molecule has 14 heteroatoms. The summed E-state index contributed by atoms with van der Waals surface area (Å²) < 4.78 is 41.8. The molecule has 208 valence electrons. The fourth-order valence-corrected chi connectivity index (χ4v) is 5.94. The molecule has 0 saturated carbocycles. The highest BCUT2D eigenvalue weighted by Gasteiger charge is 2.38. The molecule has 2 aliphatic heterocycles. The van der Waals surface area contributed by atoms with E-state index >= 15 is 0 Å². The minimum atomic E-state index is -4.61. The van der Waals surface area contributed by atoms with Crippen LogP contribution in [0.1, 0.15) is 53.5 Å². The summed E-state index contributed by atoms with van der Waals surface area (Å²) in [6, 6.07) is 5.54. The molecule has 40 heavy (non-hydrogen) atoms. The highest BCUT2D eigenvalue weighted by molar-refractivity contribution is 6.34. The number of benzene rings is 1. The number of anilines is 2. The average molecular weight is 573 g/mol. The second kappa shape index (κ2) is 9.51. The maximum absolute atomic E-state index is 13.1. The number of rotatable bonds is 4. The van der Waals surface area contributed by atoms with E-state index < -0.39 is 17.8 Å². The molecule has 2 atom stereocenters. The molecule has 10 nitrogen and oxygen atoms in total. The van der Waals surface area contributed by atoms with Crippen LogP contribution in [-0.4, -0.2) is 53.5 Å². The van der Waals surface area contributed by atoms with E-state index in [0.717, 1.165) is 38.2 Å². The summed E-state index contributed by atoms with van der Waals surface area (Å²) in [4.78, 5) is 36.3. The number of aromatic nitrogens is 5. The zero-order valence-electron chi connectivity index (χ0n) is 21.2. The van der Waals surface area contributed by atoms with Crippen molar-refractivity contribution in [3.8, 4) is 11.3 Å². The van der Waals surface area contributed by atoms with Gasteiger partial charge in [0, 0.05) is 61.6 Å². The summed E-state index contributed by atoms with van der Waals surface area (Å²) in [5, 5.41) is 6.29. The van der Waals surface area contributed by atoms with Gasteiger partial charge in [-0.3, -0.25) is 18.7 Å². The Kier molecular flexibility index (Phi) is 6.21. The number of hydrogen-bond donors (Lipinski definition) is 2. The van der Waals surface area contributed by atoms with Crippen LogP contribution in [0.5, 0.6) is 0 Å². The Hall–Kier alpha value is -4.13. The summed E-state index contributed by atoms with van der Waals surface area (Å²) in [6.07, 6.45) is 1.96. The molecule has 0 bridgehead atoms. The van der Waals surface area contributed by atoms with E-state index in [1.165, 1.54) is 12.1 Å². The number of amides is 2. The van der Waals surface area contributed by atoms with Gasteiger partial charge in [0.15, 0.2) is 5.82 Å². The minimum absolute atomic E-state index is 0.00913. The van der Waals surface area contributed by atoms with Crippen LogP contribution in [0.3, 0.4) is 0 Å². The first-order valence-electron chi connectivity index (χ1n) is 12.7. The van der Waals surface area contributed by atoms with Gasteiger partial charge in [0.2, 0.25) is 5.91 Å². The number of halogens is 4. The van der Waals surface area contributed by atoms with Crippen LogP contribution >= 0.6 is 11.6 Å².